The van der Waals surface area contributed by atoms with E-state index in [2.05, 4.69) is 16.9 Å². The summed E-state index contributed by atoms with van der Waals surface area (Å²) in [4.78, 5) is 20.7. The van der Waals surface area contributed by atoms with Crippen molar-refractivity contribution in [3.63, 3.8) is 0 Å². The monoisotopic (exact) mass is 470 g/mol. The maximum atomic E-state index is 14.1. The maximum Gasteiger partial charge on any atom is 0.346 e. The van der Waals surface area contributed by atoms with Crippen molar-refractivity contribution in [1.82, 2.24) is 9.97 Å². The van der Waals surface area contributed by atoms with Crippen LogP contribution in [0.1, 0.15) is 55.8 Å². The standard InChI is InChI=1S/C26H28F2N2O4/c1-3-4-5-6-7-8-15-33-26-29-16-19(17-30-26)18-9-11-20(12-10-18)34-25(31)21-13-14-22(32-2)24(28)23(21)27/h9-14,16-17H,3-8,15H2,1-2H3. The van der Waals surface area contributed by atoms with Crippen molar-refractivity contribution in [1.29, 1.82) is 0 Å². The summed E-state index contributed by atoms with van der Waals surface area (Å²) in [6.45, 7) is 2.78. The number of hydrogen-bond acceptors (Lipinski definition) is 6. The predicted octanol–water partition coefficient (Wildman–Crippen LogP) is 6.39. The lowest BCUT2D eigenvalue weighted by Crippen LogP contribution is -2.12. The second-order valence-electron chi connectivity index (χ2n) is 7.73. The first-order valence-corrected chi connectivity index (χ1v) is 11.3. The molecule has 6 nitrogen and oxygen atoms in total. The zero-order valence-corrected chi connectivity index (χ0v) is 19.4. The van der Waals surface area contributed by atoms with Gasteiger partial charge < -0.3 is 14.2 Å². The van der Waals surface area contributed by atoms with E-state index in [0.717, 1.165) is 30.0 Å². The van der Waals surface area contributed by atoms with Crippen LogP contribution in [0.4, 0.5) is 8.78 Å². The van der Waals surface area contributed by atoms with E-state index in [-0.39, 0.29) is 11.5 Å². The molecule has 0 N–H and O–H groups in total. The fraction of sp³-hybridized carbons (Fsp3) is 0.346. The number of benzene rings is 2. The molecule has 0 bridgehead atoms. The Morgan fingerprint density at radius 2 is 1.53 bits per heavy atom. The number of hydrogen-bond donors (Lipinski definition) is 0. The zero-order valence-electron chi connectivity index (χ0n) is 19.4. The molecule has 0 saturated heterocycles. The van der Waals surface area contributed by atoms with Crippen LogP contribution in [0, 0.1) is 11.6 Å². The minimum Gasteiger partial charge on any atom is -0.494 e. The van der Waals surface area contributed by atoms with Crippen LogP contribution in [0.5, 0.6) is 17.5 Å². The molecule has 2 aromatic carbocycles. The molecular formula is C26H28F2N2O4. The van der Waals surface area contributed by atoms with Gasteiger partial charge in [-0.2, -0.15) is 4.39 Å². The summed E-state index contributed by atoms with van der Waals surface area (Å²) in [5, 5.41) is 0. The Morgan fingerprint density at radius 1 is 0.853 bits per heavy atom. The number of carbonyl (C=O) groups excluding carboxylic acids is 1. The minimum atomic E-state index is -1.32. The smallest absolute Gasteiger partial charge is 0.346 e. The number of esters is 1. The van der Waals surface area contributed by atoms with Crippen LogP contribution in [-0.2, 0) is 0 Å². The highest BCUT2D eigenvalue weighted by molar-refractivity contribution is 5.91. The van der Waals surface area contributed by atoms with Gasteiger partial charge in [0.1, 0.15) is 5.75 Å². The minimum absolute atomic E-state index is 0.184. The number of ether oxygens (including phenoxy) is 3. The SMILES string of the molecule is CCCCCCCCOc1ncc(-c2ccc(OC(=O)c3ccc(OC)c(F)c3F)cc2)cn1. The highest BCUT2D eigenvalue weighted by atomic mass is 19.2. The highest BCUT2D eigenvalue weighted by Crippen LogP contribution is 2.25. The molecule has 1 heterocycles. The molecule has 34 heavy (non-hydrogen) atoms. The second kappa shape index (κ2) is 12.6. The van der Waals surface area contributed by atoms with Gasteiger partial charge in [0.2, 0.25) is 5.82 Å². The van der Waals surface area contributed by atoms with E-state index in [9.17, 15) is 13.6 Å². The van der Waals surface area contributed by atoms with Gasteiger partial charge >= 0.3 is 12.0 Å². The summed E-state index contributed by atoms with van der Waals surface area (Å²) in [5.74, 6) is -3.69. The van der Waals surface area contributed by atoms with Crippen molar-refractivity contribution in [3.8, 4) is 28.6 Å². The Balaban J connectivity index is 1.53. The molecule has 0 fully saturated rings. The first-order valence-electron chi connectivity index (χ1n) is 11.3. The summed E-state index contributed by atoms with van der Waals surface area (Å²) in [6, 6.07) is 9.13. The summed E-state index contributed by atoms with van der Waals surface area (Å²) in [7, 11) is 1.21. The van der Waals surface area contributed by atoms with Gasteiger partial charge in [-0.15, -0.1) is 0 Å². The van der Waals surface area contributed by atoms with Crippen LogP contribution in [0.2, 0.25) is 0 Å². The molecule has 180 valence electrons. The molecule has 0 unspecified atom stereocenters. The zero-order chi connectivity index (χ0) is 24.3. The van der Waals surface area contributed by atoms with Crippen molar-refractivity contribution < 1.29 is 27.8 Å². The third-order valence-electron chi connectivity index (χ3n) is 5.24. The first kappa shape index (κ1) is 25.1. The number of rotatable bonds is 12. The number of carbonyl (C=O) groups is 1. The summed E-state index contributed by atoms with van der Waals surface area (Å²) < 4.78 is 43.4. The van der Waals surface area contributed by atoms with Gasteiger partial charge in [0.05, 0.1) is 19.3 Å². The molecule has 8 heteroatoms. The summed E-state index contributed by atoms with van der Waals surface area (Å²) in [5.41, 5.74) is 1.03. The highest BCUT2D eigenvalue weighted by Gasteiger charge is 2.20. The number of nitrogens with zero attached hydrogens (tertiary/aromatic N) is 2. The van der Waals surface area contributed by atoms with Crippen LogP contribution >= 0.6 is 0 Å². The Hall–Kier alpha value is -3.55. The van der Waals surface area contributed by atoms with E-state index >= 15 is 0 Å². The Bertz CT molecular complexity index is 1070. The normalized spacial score (nSPS) is 10.7. The van der Waals surface area contributed by atoms with Crippen molar-refractivity contribution in [3.05, 3.63) is 66.0 Å². The van der Waals surface area contributed by atoms with Gasteiger partial charge in [0.15, 0.2) is 11.6 Å². The molecule has 0 aliphatic rings. The average molecular weight is 471 g/mol. The first-order chi connectivity index (χ1) is 16.5. The maximum absolute atomic E-state index is 14.1. The van der Waals surface area contributed by atoms with Crippen molar-refractivity contribution >= 4 is 5.97 Å². The molecule has 0 saturated carbocycles. The van der Waals surface area contributed by atoms with E-state index in [0.29, 0.717) is 12.6 Å². The van der Waals surface area contributed by atoms with E-state index in [1.807, 2.05) is 0 Å². The molecule has 3 aromatic rings. The van der Waals surface area contributed by atoms with E-state index < -0.39 is 23.2 Å². The van der Waals surface area contributed by atoms with Gasteiger partial charge in [-0.3, -0.25) is 0 Å². The molecule has 0 spiro atoms. The fourth-order valence-electron chi connectivity index (χ4n) is 3.31. The second-order valence-corrected chi connectivity index (χ2v) is 7.73. The molecule has 1 aromatic heterocycles. The third kappa shape index (κ3) is 6.73. The molecule has 0 aliphatic carbocycles. The number of halogens is 2. The average Bonchev–Trinajstić information content (AvgIpc) is 2.86. The van der Waals surface area contributed by atoms with Gasteiger partial charge in [-0.1, -0.05) is 51.2 Å². The molecule has 0 radical (unpaired) electrons. The number of unbranched alkanes of at least 4 members (excludes halogenated alkanes) is 5. The van der Waals surface area contributed by atoms with Crippen LogP contribution in [0.15, 0.2) is 48.8 Å². The lowest BCUT2D eigenvalue weighted by Gasteiger charge is -2.09. The summed E-state index contributed by atoms with van der Waals surface area (Å²) in [6.07, 6.45) is 10.4. The molecular weight excluding hydrogens is 442 g/mol. The Morgan fingerprint density at radius 3 is 2.21 bits per heavy atom. The van der Waals surface area contributed by atoms with E-state index in [4.69, 9.17) is 14.2 Å². The molecule has 0 amide bonds. The molecule has 0 aliphatic heterocycles. The third-order valence-corrected chi connectivity index (χ3v) is 5.24. The molecule has 0 atom stereocenters. The van der Waals surface area contributed by atoms with Gasteiger partial charge in [0.25, 0.3) is 0 Å². The largest absolute Gasteiger partial charge is 0.494 e. The van der Waals surface area contributed by atoms with Crippen LogP contribution < -0.4 is 14.2 Å². The number of methoxy groups -OCH3 is 1. The quantitative estimate of drug-likeness (QED) is 0.174. The predicted molar refractivity (Wildman–Crippen MR) is 124 cm³/mol. The topological polar surface area (TPSA) is 70.5 Å². The lowest BCUT2D eigenvalue weighted by atomic mass is 10.1. The van der Waals surface area contributed by atoms with Crippen LogP contribution in [0.3, 0.4) is 0 Å². The van der Waals surface area contributed by atoms with Crippen molar-refractivity contribution in [2.75, 3.05) is 13.7 Å². The Labute approximate surface area is 197 Å². The van der Waals surface area contributed by atoms with Crippen molar-refractivity contribution in [2.45, 2.75) is 45.4 Å². The van der Waals surface area contributed by atoms with Gasteiger partial charge in [-0.05, 0) is 36.2 Å². The summed E-state index contributed by atoms with van der Waals surface area (Å²) >= 11 is 0. The van der Waals surface area contributed by atoms with Gasteiger partial charge in [0, 0.05) is 18.0 Å². The van der Waals surface area contributed by atoms with E-state index in [1.54, 1.807) is 36.7 Å². The van der Waals surface area contributed by atoms with Gasteiger partial charge in [-0.25, -0.2) is 19.2 Å². The number of aromatic nitrogens is 2. The molecule has 3 rings (SSSR count). The fourth-order valence-corrected chi connectivity index (χ4v) is 3.31. The van der Waals surface area contributed by atoms with Crippen LogP contribution in [-0.4, -0.2) is 29.7 Å². The van der Waals surface area contributed by atoms with E-state index in [1.165, 1.54) is 38.9 Å². The lowest BCUT2D eigenvalue weighted by molar-refractivity contribution is 0.0728. The van der Waals surface area contributed by atoms with Crippen LogP contribution in [0.25, 0.3) is 11.1 Å². The Kier molecular flexibility index (Phi) is 9.31. The van der Waals surface area contributed by atoms with Crippen molar-refractivity contribution in [2.24, 2.45) is 0 Å².